The Labute approximate surface area is 153 Å². The van der Waals surface area contributed by atoms with E-state index in [1.54, 1.807) is 12.3 Å². The summed E-state index contributed by atoms with van der Waals surface area (Å²) < 4.78 is 5.76. The van der Waals surface area contributed by atoms with E-state index in [1.807, 2.05) is 54.6 Å². The van der Waals surface area contributed by atoms with E-state index < -0.39 is 0 Å². The average molecular weight is 345 g/mol. The smallest absolute Gasteiger partial charge is 0.270 e. The Hall–Kier alpha value is -3.80. The third-order valence-electron chi connectivity index (χ3n) is 3.91. The van der Waals surface area contributed by atoms with Gasteiger partial charge < -0.3 is 10.2 Å². The van der Waals surface area contributed by atoms with E-state index in [1.165, 1.54) is 0 Å². The summed E-state index contributed by atoms with van der Waals surface area (Å²) >= 11 is 0. The van der Waals surface area contributed by atoms with Gasteiger partial charge in [0.15, 0.2) is 11.5 Å². The largest absolute Gasteiger partial charge is 0.414 e. The molecule has 4 rings (SSSR count). The molecule has 26 heavy (non-hydrogen) atoms. The number of aromatic nitrogens is 4. The van der Waals surface area contributed by atoms with Crippen LogP contribution in [0.3, 0.4) is 0 Å². The molecule has 0 unspecified atom stereocenters. The van der Waals surface area contributed by atoms with Crippen molar-refractivity contribution >= 4 is 11.9 Å². The van der Waals surface area contributed by atoms with Crippen molar-refractivity contribution in [2.45, 2.75) is 0 Å². The predicted molar refractivity (Wildman–Crippen MR) is 105 cm³/mol. The Bertz CT molecular complexity index is 1080. The first-order valence-electron chi connectivity index (χ1n) is 8.00. The lowest BCUT2D eigenvalue weighted by atomic mass is 10.0. The molecule has 0 aliphatic rings. The lowest BCUT2D eigenvalue weighted by Crippen LogP contribution is -1.99. The molecule has 2 aromatic carbocycles. The van der Waals surface area contributed by atoms with Gasteiger partial charge in [-0.15, -0.1) is 10.2 Å². The molecular weight excluding hydrogens is 326 g/mol. The van der Waals surface area contributed by atoms with Crippen molar-refractivity contribution in [3.8, 4) is 34.3 Å². The summed E-state index contributed by atoms with van der Waals surface area (Å²) in [6.07, 6.45) is 3.39. The van der Waals surface area contributed by atoms with Gasteiger partial charge in [0.25, 0.3) is 5.89 Å². The summed E-state index contributed by atoms with van der Waals surface area (Å²) in [7, 11) is 0. The maximum atomic E-state index is 6.00. The van der Waals surface area contributed by atoms with Crippen LogP contribution in [0.25, 0.3) is 40.4 Å². The number of nitrogens with two attached hydrogens (primary N) is 1. The number of hydrogen-bond donors (Lipinski definition) is 1. The molecule has 0 fully saturated rings. The highest BCUT2D eigenvalue weighted by Gasteiger charge is 2.17. The maximum Gasteiger partial charge on any atom is 0.270 e. The number of benzene rings is 2. The standard InChI is InChI=1S/C20H15N5O.2H2/c1-2-13-8-6-7-11-15(13)16-12-22-18(21)17(23-16)20-25-24-19(26-20)14-9-4-3-5-10-14;;/h2-12H,1H2,(H2,21,22);2*1H. The molecule has 130 valence electrons. The van der Waals surface area contributed by atoms with Crippen LogP contribution in [0.15, 0.2) is 71.8 Å². The monoisotopic (exact) mass is 345 g/mol. The van der Waals surface area contributed by atoms with Crippen LogP contribution in [-0.4, -0.2) is 20.2 Å². The van der Waals surface area contributed by atoms with Crippen LogP contribution in [0.1, 0.15) is 8.42 Å². The number of nitrogen functional groups attached to an aromatic ring is 1. The van der Waals surface area contributed by atoms with Crippen molar-refractivity contribution in [3.63, 3.8) is 0 Å². The van der Waals surface area contributed by atoms with E-state index >= 15 is 0 Å². The molecule has 0 saturated carbocycles. The Morgan fingerprint density at radius 2 is 1.69 bits per heavy atom. The average Bonchev–Trinajstić information content (AvgIpc) is 3.19. The number of rotatable bonds is 4. The number of anilines is 1. The molecule has 0 aliphatic carbocycles. The molecule has 6 nitrogen and oxygen atoms in total. The first kappa shape index (κ1) is 15.7. The highest BCUT2D eigenvalue weighted by molar-refractivity contribution is 5.75. The van der Waals surface area contributed by atoms with Gasteiger partial charge in [-0.3, -0.25) is 0 Å². The fourth-order valence-electron chi connectivity index (χ4n) is 2.61. The first-order valence-corrected chi connectivity index (χ1v) is 8.00. The second-order valence-corrected chi connectivity index (χ2v) is 5.56. The highest BCUT2D eigenvalue weighted by atomic mass is 16.4. The zero-order valence-corrected chi connectivity index (χ0v) is 13.8. The van der Waals surface area contributed by atoms with Crippen molar-refractivity contribution in [1.29, 1.82) is 0 Å². The maximum absolute atomic E-state index is 6.00. The van der Waals surface area contributed by atoms with Crippen molar-refractivity contribution < 1.29 is 7.27 Å². The van der Waals surface area contributed by atoms with Crippen LogP contribution in [-0.2, 0) is 0 Å². The zero-order chi connectivity index (χ0) is 17.9. The molecule has 0 atom stereocenters. The van der Waals surface area contributed by atoms with Gasteiger partial charge in [0.2, 0.25) is 5.89 Å². The van der Waals surface area contributed by atoms with E-state index in [2.05, 4.69) is 26.7 Å². The Kier molecular flexibility index (Phi) is 3.99. The molecule has 2 heterocycles. The van der Waals surface area contributed by atoms with Gasteiger partial charge in [0.05, 0.1) is 11.9 Å². The van der Waals surface area contributed by atoms with Crippen LogP contribution in [0.4, 0.5) is 5.82 Å². The van der Waals surface area contributed by atoms with Gasteiger partial charge >= 0.3 is 0 Å². The fraction of sp³-hybridized carbons (Fsp3) is 0. The first-order chi connectivity index (χ1) is 12.8. The van der Waals surface area contributed by atoms with Gasteiger partial charge in [-0.05, 0) is 17.7 Å². The van der Waals surface area contributed by atoms with Crippen molar-refractivity contribution in [2.75, 3.05) is 5.73 Å². The minimum Gasteiger partial charge on any atom is -0.414 e. The molecule has 2 aromatic heterocycles. The van der Waals surface area contributed by atoms with E-state index in [-0.39, 0.29) is 14.6 Å². The second-order valence-electron chi connectivity index (χ2n) is 5.56. The molecule has 2 N–H and O–H groups in total. The third kappa shape index (κ3) is 2.84. The lowest BCUT2D eigenvalue weighted by Gasteiger charge is -2.07. The summed E-state index contributed by atoms with van der Waals surface area (Å²) in [5.74, 6) is 0.860. The highest BCUT2D eigenvalue weighted by Crippen LogP contribution is 2.29. The van der Waals surface area contributed by atoms with Gasteiger partial charge in [0.1, 0.15) is 0 Å². The lowest BCUT2D eigenvalue weighted by molar-refractivity contribution is 0.582. The van der Waals surface area contributed by atoms with Crippen molar-refractivity contribution in [1.82, 2.24) is 20.2 Å². The van der Waals surface area contributed by atoms with Crippen LogP contribution in [0.2, 0.25) is 0 Å². The van der Waals surface area contributed by atoms with Gasteiger partial charge in [0, 0.05) is 14.0 Å². The van der Waals surface area contributed by atoms with Gasteiger partial charge in [-0.1, -0.05) is 55.1 Å². The molecule has 0 bridgehead atoms. The normalized spacial score (nSPS) is 10.6. The molecular formula is C20H19N5O. The number of nitrogens with zero attached hydrogens (tertiary/aromatic N) is 4. The summed E-state index contributed by atoms with van der Waals surface area (Å²) in [5.41, 5.74) is 9.69. The zero-order valence-electron chi connectivity index (χ0n) is 13.8. The minimum atomic E-state index is 0. The molecule has 6 heteroatoms. The summed E-state index contributed by atoms with van der Waals surface area (Å²) in [6, 6.07) is 17.3. The molecule has 4 aromatic rings. The SMILES string of the molecule is C=Cc1ccccc1-c1cnc(N)c(-c2nnc(-c3ccccc3)o2)n1.[HH].[HH]. The molecule has 0 spiro atoms. The van der Waals surface area contributed by atoms with Crippen LogP contribution >= 0.6 is 0 Å². The molecule has 0 saturated heterocycles. The molecule has 0 aliphatic heterocycles. The van der Waals surface area contributed by atoms with Crippen molar-refractivity contribution in [2.24, 2.45) is 0 Å². The fourth-order valence-corrected chi connectivity index (χ4v) is 2.61. The predicted octanol–water partition coefficient (Wildman–Crippen LogP) is 4.58. The molecule has 0 amide bonds. The van der Waals surface area contributed by atoms with Crippen LogP contribution in [0.5, 0.6) is 0 Å². The Balaban J connectivity index is 0.00000140. The van der Waals surface area contributed by atoms with E-state index in [4.69, 9.17) is 10.2 Å². The summed E-state index contributed by atoms with van der Waals surface area (Å²) in [5, 5.41) is 8.17. The van der Waals surface area contributed by atoms with Gasteiger partial charge in [-0.25, -0.2) is 9.97 Å². The van der Waals surface area contributed by atoms with E-state index in [0.717, 1.165) is 16.7 Å². The van der Waals surface area contributed by atoms with Crippen LogP contribution in [0, 0.1) is 0 Å². The second kappa shape index (κ2) is 6.60. The Morgan fingerprint density at radius 3 is 2.50 bits per heavy atom. The van der Waals surface area contributed by atoms with Crippen molar-refractivity contribution in [3.05, 3.63) is 72.9 Å². The van der Waals surface area contributed by atoms with E-state index in [9.17, 15) is 0 Å². The van der Waals surface area contributed by atoms with E-state index in [0.29, 0.717) is 17.3 Å². The van der Waals surface area contributed by atoms with Crippen LogP contribution < -0.4 is 5.73 Å². The Morgan fingerprint density at radius 1 is 0.962 bits per heavy atom. The third-order valence-corrected chi connectivity index (χ3v) is 3.91. The number of hydrogen-bond acceptors (Lipinski definition) is 6. The topological polar surface area (TPSA) is 90.7 Å². The molecule has 0 radical (unpaired) electrons. The minimum absolute atomic E-state index is 0. The van der Waals surface area contributed by atoms with Gasteiger partial charge in [-0.2, -0.15) is 0 Å². The summed E-state index contributed by atoms with van der Waals surface area (Å²) in [4.78, 5) is 8.84. The summed E-state index contributed by atoms with van der Waals surface area (Å²) in [6.45, 7) is 3.84. The quantitative estimate of drug-likeness (QED) is 0.582.